The molecule has 0 aliphatic carbocycles. The minimum absolute atomic E-state index is 0.119. The number of aromatic amines is 1. The Hall–Kier alpha value is -2.98. The van der Waals surface area contributed by atoms with Crippen molar-refractivity contribution in [3.05, 3.63) is 46.5 Å². The second kappa shape index (κ2) is 7.93. The third-order valence-electron chi connectivity index (χ3n) is 5.79. The Morgan fingerprint density at radius 1 is 1.23 bits per heavy atom. The van der Waals surface area contributed by atoms with Gasteiger partial charge >= 0.3 is 0 Å². The summed E-state index contributed by atoms with van der Waals surface area (Å²) in [4.78, 5) is 32.7. The third kappa shape index (κ3) is 4.13. The van der Waals surface area contributed by atoms with E-state index in [0.717, 1.165) is 16.5 Å². The van der Waals surface area contributed by atoms with Crippen LogP contribution in [-0.4, -0.2) is 52.5 Å². The number of sulfonamides is 1. The largest absolute Gasteiger partial charge is 0.357 e. The zero-order chi connectivity index (χ0) is 22.3. The van der Waals surface area contributed by atoms with E-state index >= 15 is 0 Å². The first kappa shape index (κ1) is 21.3. The monoisotopic (exact) mass is 443 g/mol. The van der Waals surface area contributed by atoms with Gasteiger partial charge in [0.2, 0.25) is 15.9 Å². The van der Waals surface area contributed by atoms with Crippen LogP contribution in [-0.2, 0) is 21.9 Å². The number of rotatable bonds is 4. The van der Waals surface area contributed by atoms with Crippen molar-refractivity contribution in [1.29, 1.82) is 0 Å². The zero-order valence-electron chi connectivity index (χ0n) is 17.7. The molecule has 0 saturated carbocycles. The number of hydrogen-bond donors (Lipinski definition) is 2. The summed E-state index contributed by atoms with van der Waals surface area (Å²) in [6.45, 7) is 2.61. The Labute approximate surface area is 180 Å². The Kier molecular flexibility index (Phi) is 5.44. The van der Waals surface area contributed by atoms with Gasteiger partial charge in [-0.3, -0.25) is 9.59 Å². The van der Waals surface area contributed by atoms with Crippen molar-refractivity contribution < 1.29 is 13.2 Å². The lowest BCUT2D eigenvalue weighted by Crippen LogP contribution is -2.40. The van der Waals surface area contributed by atoms with Crippen LogP contribution in [0.15, 0.2) is 35.4 Å². The summed E-state index contributed by atoms with van der Waals surface area (Å²) in [5, 5.41) is 3.65. The van der Waals surface area contributed by atoms with E-state index in [1.165, 1.54) is 15.1 Å². The highest BCUT2D eigenvalue weighted by molar-refractivity contribution is 7.88. The van der Waals surface area contributed by atoms with Gasteiger partial charge in [-0.05, 0) is 37.5 Å². The summed E-state index contributed by atoms with van der Waals surface area (Å²) in [5.74, 6) is -0.00475. The lowest BCUT2D eigenvalue weighted by atomic mass is 9.97. The number of piperidine rings is 1. The molecule has 0 aromatic carbocycles. The van der Waals surface area contributed by atoms with Crippen molar-refractivity contribution in [2.24, 2.45) is 13.0 Å². The maximum absolute atomic E-state index is 12.8. The zero-order valence-corrected chi connectivity index (χ0v) is 18.5. The average molecular weight is 444 g/mol. The molecule has 0 bridgehead atoms. The molecular weight excluding hydrogens is 418 g/mol. The number of carbonyl (C=O) groups excluding carboxylic acids is 1. The molecule has 1 aliphatic rings. The number of hydrogen-bond acceptors (Lipinski definition) is 5. The summed E-state index contributed by atoms with van der Waals surface area (Å²) >= 11 is 0. The first-order valence-corrected chi connectivity index (χ1v) is 11.9. The highest BCUT2D eigenvalue weighted by Gasteiger charge is 2.29. The quantitative estimate of drug-likeness (QED) is 0.638. The van der Waals surface area contributed by atoms with Crippen LogP contribution in [0.25, 0.3) is 22.2 Å². The highest BCUT2D eigenvalue weighted by Crippen LogP contribution is 2.29. The highest BCUT2D eigenvalue weighted by atomic mass is 32.2. The van der Waals surface area contributed by atoms with Gasteiger partial charge in [0.1, 0.15) is 11.3 Å². The third-order valence-corrected chi connectivity index (χ3v) is 7.09. The van der Waals surface area contributed by atoms with Gasteiger partial charge in [-0.2, -0.15) is 0 Å². The predicted molar refractivity (Wildman–Crippen MR) is 119 cm³/mol. The molecule has 0 atom stereocenters. The maximum atomic E-state index is 12.8. The molecular formula is C21H25N5O4S. The molecule has 3 aromatic rings. The van der Waals surface area contributed by atoms with Crippen molar-refractivity contribution in [3.8, 4) is 11.3 Å². The Morgan fingerprint density at radius 2 is 1.94 bits per heavy atom. The van der Waals surface area contributed by atoms with Gasteiger partial charge in [0.15, 0.2) is 0 Å². The van der Waals surface area contributed by atoms with Crippen molar-refractivity contribution in [1.82, 2.24) is 18.8 Å². The minimum atomic E-state index is -3.23. The lowest BCUT2D eigenvalue weighted by Gasteiger charge is -2.29. The average Bonchev–Trinajstić information content (AvgIpc) is 3.22. The summed E-state index contributed by atoms with van der Waals surface area (Å²) in [5.41, 5.74) is 2.79. The van der Waals surface area contributed by atoms with Crippen molar-refractivity contribution >= 4 is 32.7 Å². The van der Waals surface area contributed by atoms with Gasteiger partial charge in [-0.15, -0.1) is 0 Å². The molecule has 10 heteroatoms. The fourth-order valence-corrected chi connectivity index (χ4v) is 4.88. The van der Waals surface area contributed by atoms with E-state index in [1.54, 1.807) is 25.5 Å². The standard InChI is InChI=1S/C21H25N5O4S/c1-13-4-5-17(24-20(27)14-7-10-26(11-8-14)31(3,29)30)23-18(13)16-12-25(2)21(28)19-15(16)6-9-22-19/h4-6,9,12,14,22H,7-8,10-11H2,1-3H3,(H,23,24,27). The van der Waals surface area contributed by atoms with Crippen LogP contribution in [0.5, 0.6) is 0 Å². The first-order chi connectivity index (χ1) is 14.6. The van der Waals surface area contributed by atoms with E-state index in [0.29, 0.717) is 43.0 Å². The number of nitrogens with one attached hydrogen (secondary N) is 2. The van der Waals surface area contributed by atoms with Gasteiger partial charge in [0, 0.05) is 49.4 Å². The van der Waals surface area contributed by atoms with Crippen molar-refractivity contribution in [3.63, 3.8) is 0 Å². The number of aromatic nitrogens is 3. The summed E-state index contributed by atoms with van der Waals surface area (Å²) in [6.07, 6.45) is 5.61. The summed E-state index contributed by atoms with van der Waals surface area (Å²) in [6, 6.07) is 5.47. The normalized spacial score (nSPS) is 16.0. The fraction of sp³-hybridized carbons (Fsp3) is 0.381. The van der Waals surface area contributed by atoms with E-state index in [2.05, 4.69) is 15.3 Å². The van der Waals surface area contributed by atoms with Crippen LogP contribution in [0.1, 0.15) is 18.4 Å². The van der Waals surface area contributed by atoms with Gasteiger partial charge < -0.3 is 14.9 Å². The predicted octanol–water partition coefficient (Wildman–Crippen LogP) is 1.85. The van der Waals surface area contributed by atoms with E-state index < -0.39 is 10.0 Å². The summed E-state index contributed by atoms with van der Waals surface area (Å²) < 4.78 is 26.3. The van der Waals surface area contributed by atoms with Crippen LogP contribution in [0.4, 0.5) is 5.82 Å². The van der Waals surface area contributed by atoms with Gasteiger partial charge in [0.05, 0.1) is 11.9 Å². The minimum Gasteiger partial charge on any atom is -0.357 e. The molecule has 31 heavy (non-hydrogen) atoms. The molecule has 3 aromatic heterocycles. The fourth-order valence-electron chi connectivity index (χ4n) is 4.01. The Morgan fingerprint density at radius 3 is 2.61 bits per heavy atom. The Bertz CT molecular complexity index is 1320. The smallest absolute Gasteiger partial charge is 0.274 e. The first-order valence-electron chi connectivity index (χ1n) is 10.1. The molecule has 1 saturated heterocycles. The van der Waals surface area contributed by atoms with Crippen molar-refractivity contribution in [2.75, 3.05) is 24.7 Å². The van der Waals surface area contributed by atoms with E-state index in [4.69, 9.17) is 0 Å². The molecule has 1 amide bonds. The second-order valence-electron chi connectivity index (χ2n) is 8.01. The number of amides is 1. The van der Waals surface area contributed by atoms with Crippen LogP contribution in [0.2, 0.25) is 0 Å². The van der Waals surface area contributed by atoms with Crippen LogP contribution in [0, 0.1) is 12.8 Å². The molecule has 0 spiro atoms. The van der Waals surface area contributed by atoms with Crippen LogP contribution in [0.3, 0.4) is 0 Å². The number of pyridine rings is 2. The van der Waals surface area contributed by atoms with Gasteiger partial charge in [-0.1, -0.05) is 6.07 Å². The number of aryl methyl sites for hydroxylation is 2. The van der Waals surface area contributed by atoms with Crippen molar-refractivity contribution in [2.45, 2.75) is 19.8 Å². The van der Waals surface area contributed by atoms with Crippen LogP contribution >= 0.6 is 0 Å². The molecule has 2 N–H and O–H groups in total. The molecule has 0 radical (unpaired) electrons. The molecule has 164 valence electrons. The van der Waals surface area contributed by atoms with E-state index in [1.807, 2.05) is 19.1 Å². The number of carbonyl (C=O) groups is 1. The Balaban J connectivity index is 1.59. The van der Waals surface area contributed by atoms with Crippen LogP contribution < -0.4 is 10.9 Å². The SMILES string of the molecule is Cc1ccc(NC(=O)C2CCN(S(C)(=O)=O)CC2)nc1-c1cn(C)c(=O)c2[nH]ccc12. The van der Waals surface area contributed by atoms with Gasteiger partial charge in [-0.25, -0.2) is 17.7 Å². The molecule has 9 nitrogen and oxygen atoms in total. The van der Waals surface area contributed by atoms with Gasteiger partial charge in [0.25, 0.3) is 5.56 Å². The van der Waals surface area contributed by atoms with E-state index in [-0.39, 0.29) is 17.4 Å². The van der Waals surface area contributed by atoms with E-state index in [9.17, 15) is 18.0 Å². The molecule has 1 fully saturated rings. The molecule has 1 aliphatic heterocycles. The maximum Gasteiger partial charge on any atom is 0.274 e. The summed E-state index contributed by atoms with van der Waals surface area (Å²) in [7, 11) is -1.54. The molecule has 0 unspecified atom stereocenters. The molecule has 4 heterocycles. The number of fused-ring (bicyclic) bond motifs is 1. The molecule has 4 rings (SSSR count). The number of anilines is 1. The lowest BCUT2D eigenvalue weighted by molar-refractivity contribution is -0.120. The second-order valence-corrected chi connectivity index (χ2v) is 10.00. The number of nitrogens with zero attached hydrogens (tertiary/aromatic N) is 3. The topological polar surface area (TPSA) is 117 Å². The number of H-pyrrole nitrogens is 1.